The van der Waals surface area contributed by atoms with Crippen molar-refractivity contribution in [3.8, 4) is 0 Å². The number of carbonyl (C=O) groups excluding carboxylic acids is 2. The third kappa shape index (κ3) is 2.70. The monoisotopic (exact) mass is 313 g/mol. The molecule has 0 radical (unpaired) electrons. The van der Waals surface area contributed by atoms with E-state index in [2.05, 4.69) is 0 Å². The van der Waals surface area contributed by atoms with Crippen LogP contribution in [0.1, 0.15) is 22.3 Å². The molecular weight excluding hydrogens is 297 g/mol. The van der Waals surface area contributed by atoms with Crippen LogP contribution in [0.25, 0.3) is 0 Å². The summed E-state index contributed by atoms with van der Waals surface area (Å²) in [5, 5.41) is 0. The lowest BCUT2D eigenvalue weighted by atomic mass is 9.94. The number of hydrogen-bond donors (Lipinski definition) is 0. The largest absolute Gasteiger partial charge is 0.467 e. The number of para-hydroxylation sites is 1. The first-order valence-corrected chi connectivity index (χ1v) is 7.37. The Balaban J connectivity index is 2.09. The van der Waals surface area contributed by atoms with Gasteiger partial charge in [-0.15, -0.1) is 0 Å². The molecule has 1 aliphatic heterocycles. The number of ether oxygens (including phenoxy) is 1. The molecule has 0 spiro atoms. The number of carbonyl (C=O) groups is 2. The van der Waals surface area contributed by atoms with Crippen molar-refractivity contribution in [3.05, 3.63) is 65.5 Å². The second-order valence-corrected chi connectivity index (χ2v) is 5.36. The lowest BCUT2D eigenvalue weighted by molar-refractivity contribution is -0.142. The van der Waals surface area contributed by atoms with Gasteiger partial charge in [-0.3, -0.25) is 9.69 Å². The molecule has 0 fully saturated rings. The number of amides is 1. The van der Waals surface area contributed by atoms with Crippen LogP contribution < -0.4 is 4.90 Å². The van der Waals surface area contributed by atoms with Gasteiger partial charge in [-0.1, -0.05) is 30.3 Å². The number of fused-ring (bicyclic) bond motifs is 1. The number of hydrogen-bond acceptors (Lipinski definition) is 3. The van der Waals surface area contributed by atoms with E-state index >= 15 is 0 Å². The first-order valence-electron chi connectivity index (χ1n) is 7.37. The zero-order valence-electron chi connectivity index (χ0n) is 12.7. The highest BCUT2D eigenvalue weighted by Gasteiger charge is 2.37. The summed E-state index contributed by atoms with van der Waals surface area (Å²) in [7, 11) is 1.29. The Labute approximate surface area is 133 Å². The summed E-state index contributed by atoms with van der Waals surface area (Å²) in [4.78, 5) is 26.3. The second-order valence-electron chi connectivity index (χ2n) is 5.36. The topological polar surface area (TPSA) is 46.6 Å². The minimum absolute atomic E-state index is 0.0573. The molecule has 0 saturated carbocycles. The number of anilines is 1. The zero-order chi connectivity index (χ0) is 16.4. The summed E-state index contributed by atoms with van der Waals surface area (Å²) in [6.07, 6.45) is 1.11. The lowest BCUT2D eigenvalue weighted by Gasteiger charge is -2.35. The van der Waals surface area contributed by atoms with E-state index < -0.39 is 23.7 Å². The smallest absolute Gasteiger partial charge is 0.328 e. The Kier molecular flexibility index (Phi) is 4.10. The van der Waals surface area contributed by atoms with Gasteiger partial charge < -0.3 is 4.74 Å². The molecule has 1 heterocycles. The van der Waals surface area contributed by atoms with Crippen molar-refractivity contribution in [2.24, 2.45) is 0 Å². The zero-order valence-corrected chi connectivity index (χ0v) is 12.7. The number of benzene rings is 2. The van der Waals surface area contributed by atoms with E-state index in [1.54, 1.807) is 18.2 Å². The summed E-state index contributed by atoms with van der Waals surface area (Å²) in [6, 6.07) is 12.4. The van der Waals surface area contributed by atoms with Crippen LogP contribution in [0, 0.1) is 5.82 Å². The Morgan fingerprint density at radius 1 is 1.13 bits per heavy atom. The Bertz CT molecular complexity index is 759. The van der Waals surface area contributed by atoms with Crippen molar-refractivity contribution >= 4 is 17.6 Å². The lowest BCUT2D eigenvalue weighted by Crippen LogP contribution is -2.49. The normalized spacial score (nSPS) is 16.6. The van der Waals surface area contributed by atoms with Gasteiger partial charge in [-0.25, -0.2) is 9.18 Å². The van der Waals surface area contributed by atoms with Crippen LogP contribution in [0.5, 0.6) is 0 Å². The Morgan fingerprint density at radius 3 is 2.57 bits per heavy atom. The van der Waals surface area contributed by atoms with Crippen molar-refractivity contribution in [2.45, 2.75) is 18.9 Å². The predicted molar refractivity (Wildman–Crippen MR) is 83.8 cm³/mol. The van der Waals surface area contributed by atoms with E-state index in [0.29, 0.717) is 18.5 Å². The number of rotatable bonds is 2. The highest BCUT2D eigenvalue weighted by molar-refractivity contribution is 6.10. The van der Waals surface area contributed by atoms with Gasteiger partial charge in [0.15, 0.2) is 0 Å². The molecule has 3 rings (SSSR count). The fourth-order valence-electron chi connectivity index (χ4n) is 2.92. The molecule has 23 heavy (non-hydrogen) atoms. The molecule has 0 unspecified atom stereocenters. The van der Waals surface area contributed by atoms with E-state index in [-0.39, 0.29) is 5.56 Å². The molecular formula is C18H16FNO3. The fourth-order valence-corrected chi connectivity index (χ4v) is 2.92. The average molecular weight is 313 g/mol. The van der Waals surface area contributed by atoms with Gasteiger partial charge in [0.1, 0.15) is 11.9 Å². The molecule has 0 saturated heterocycles. The molecule has 0 N–H and O–H groups in total. The molecule has 0 aromatic heterocycles. The molecule has 0 bridgehead atoms. The third-order valence-electron chi connectivity index (χ3n) is 4.05. The minimum atomic E-state index is -0.748. The number of nitrogens with zero attached hydrogens (tertiary/aromatic N) is 1. The average Bonchev–Trinajstić information content (AvgIpc) is 2.60. The molecule has 118 valence electrons. The Morgan fingerprint density at radius 2 is 1.83 bits per heavy atom. The third-order valence-corrected chi connectivity index (χ3v) is 4.05. The molecule has 0 aliphatic carbocycles. The van der Waals surface area contributed by atoms with Gasteiger partial charge in [0.2, 0.25) is 0 Å². The predicted octanol–water partition coefficient (Wildman–Crippen LogP) is 2.96. The Hall–Kier alpha value is -2.69. The van der Waals surface area contributed by atoms with Crippen LogP contribution in [-0.4, -0.2) is 25.0 Å². The van der Waals surface area contributed by atoms with E-state index in [1.165, 1.54) is 30.2 Å². The fraction of sp³-hybridized carbons (Fsp3) is 0.222. The number of methoxy groups -OCH3 is 1. The van der Waals surface area contributed by atoms with Crippen LogP contribution in [0.3, 0.4) is 0 Å². The number of esters is 1. The highest BCUT2D eigenvalue weighted by atomic mass is 19.1. The SMILES string of the molecule is COC(=O)[C@@H]1CCc2ccccc2N1C(=O)c1ccccc1F. The minimum Gasteiger partial charge on any atom is -0.467 e. The second kappa shape index (κ2) is 6.20. The first-order chi connectivity index (χ1) is 11.1. The molecule has 2 aromatic rings. The standard InChI is InChI=1S/C18H16FNO3/c1-23-18(22)16-11-10-12-6-2-5-9-15(12)20(16)17(21)13-7-3-4-8-14(13)19/h2-9,16H,10-11H2,1H3/t16-/m0/s1. The summed E-state index contributed by atoms with van der Waals surface area (Å²) in [6.45, 7) is 0. The van der Waals surface area contributed by atoms with Crippen molar-refractivity contribution in [3.63, 3.8) is 0 Å². The van der Waals surface area contributed by atoms with E-state index in [4.69, 9.17) is 4.74 Å². The van der Waals surface area contributed by atoms with Gasteiger partial charge in [-0.05, 0) is 36.6 Å². The van der Waals surface area contributed by atoms with Crippen LogP contribution in [0.15, 0.2) is 48.5 Å². The molecule has 2 aromatic carbocycles. The quantitative estimate of drug-likeness (QED) is 0.801. The maximum absolute atomic E-state index is 14.0. The summed E-state index contributed by atoms with van der Waals surface area (Å²) in [5.41, 5.74) is 1.53. The summed E-state index contributed by atoms with van der Waals surface area (Å²) in [5.74, 6) is -1.64. The van der Waals surface area contributed by atoms with E-state index in [1.807, 2.05) is 12.1 Å². The van der Waals surface area contributed by atoms with Gasteiger partial charge in [0, 0.05) is 5.69 Å². The highest BCUT2D eigenvalue weighted by Crippen LogP contribution is 2.32. The van der Waals surface area contributed by atoms with Crippen LogP contribution in [0.4, 0.5) is 10.1 Å². The molecule has 1 atom stereocenters. The molecule has 1 aliphatic rings. The van der Waals surface area contributed by atoms with Crippen molar-refractivity contribution in [1.29, 1.82) is 0 Å². The molecule has 5 heteroatoms. The molecule has 1 amide bonds. The van der Waals surface area contributed by atoms with Crippen LogP contribution >= 0.6 is 0 Å². The number of aryl methyl sites for hydroxylation is 1. The van der Waals surface area contributed by atoms with Gasteiger partial charge >= 0.3 is 5.97 Å². The maximum Gasteiger partial charge on any atom is 0.328 e. The molecule has 4 nitrogen and oxygen atoms in total. The van der Waals surface area contributed by atoms with Crippen LogP contribution in [-0.2, 0) is 16.0 Å². The van der Waals surface area contributed by atoms with Crippen molar-refractivity contribution in [2.75, 3.05) is 12.0 Å². The van der Waals surface area contributed by atoms with Crippen molar-refractivity contribution < 1.29 is 18.7 Å². The van der Waals surface area contributed by atoms with E-state index in [0.717, 1.165) is 5.56 Å². The maximum atomic E-state index is 14.0. The van der Waals surface area contributed by atoms with Crippen LogP contribution in [0.2, 0.25) is 0 Å². The van der Waals surface area contributed by atoms with Crippen molar-refractivity contribution in [1.82, 2.24) is 0 Å². The summed E-state index contributed by atoms with van der Waals surface area (Å²) >= 11 is 0. The van der Waals surface area contributed by atoms with E-state index in [9.17, 15) is 14.0 Å². The summed E-state index contributed by atoms with van der Waals surface area (Å²) < 4.78 is 18.8. The van der Waals surface area contributed by atoms with Gasteiger partial charge in [0.25, 0.3) is 5.91 Å². The number of halogens is 1. The van der Waals surface area contributed by atoms with Gasteiger partial charge in [0.05, 0.1) is 12.7 Å². The first kappa shape index (κ1) is 15.2. The van der Waals surface area contributed by atoms with Gasteiger partial charge in [-0.2, -0.15) is 0 Å².